The van der Waals surface area contributed by atoms with E-state index in [1.165, 1.54) is 6.20 Å². The first-order chi connectivity index (χ1) is 13.9. The second-order valence-electron chi connectivity index (χ2n) is 7.47. The number of benzene rings is 2. The van der Waals surface area contributed by atoms with Crippen LogP contribution in [0.25, 0.3) is 0 Å². The Morgan fingerprint density at radius 3 is 2.62 bits per heavy atom. The number of fused-ring (bicyclic) bond motifs is 1. The van der Waals surface area contributed by atoms with Crippen LogP contribution in [0.15, 0.2) is 54.7 Å². The monoisotopic (exact) mass is 402 g/mol. The number of piperidine rings is 1. The highest BCUT2D eigenvalue weighted by molar-refractivity contribution is 5.55. The molecule has 1 atom stereocenters. The lowest BCUT2D eigenvalue weighted by atomic mass is 9.89. The standard InChI is InChI=1S/C22H24F2N2O3/c23-22(24)28-20-6-5-16(14-21(20)29-22)13-15-8-11-26(12-9-15)18-4-2-1-3-17(18)19(27)7-10-25/h1-7,10,14-15,19,27H,8-9,11-13,25H2/b10-7+. The highest BCUT2D eigenvalue weighted by atomic mass is 19.3. The number of nitrogens with zero attached hydrogens (tertiary/aromatic N) is 1. The summed E-state index contributed by atoms with van der Waals surface area (Å²) in [7, 11) is 0. The van der Waals surface area contributed by atoms with Gasteiger partial charge in [0.1, 0.15) is 6.10 Å². The quantitative estimate of drug-likeness (QED) is 0.792. The summed E-state index contributed by atoms with van der Waals surface area (Å²) in [6.45, 7) is 1.73. The summed E-state index contributed by atoms with van der Waals surface area (Å²) < 4.78 is 35.4. The predicted molar refractivity (Wildman–Crippen MR) is 106 cm³/mol. The van der Waals surface area contributed by atoms with Gasteiger partial charge in [0.2, 0.25) is 0 Å². The van der Waals surface area contributed by atoms with E-state index in [2.05, 4.69) is 14.4 Å². The number of aliphatic hydroxyl groups is 1. The molecule has 0 saturated carbocycles. The number of alkyl halides is 2. The summed E-state index contributed by atoms with van der Waals surface area (Å²) in [5, 5.41) is 10.3. The van der Waals surface area contributed by atoms with E-state index in [-0.39, 0.29) is 11.5 Å². The fraction of sp³-hybridized carbons (Fsp3) is 0.364. The molecule has 0 amide bonds. The summed E-state index contributed by atoms with van der Waals surface area (Å²) in [6.07, 6.45) is 1.35. The average molecular weight is 402 g/mol. The Labute approximate surface area is 168 Å². The number of rotatable bonds is 5. The molecule has 0 radical (unpaired) electrons. The van der Waals surface area contributed by atoms with Crippen LogP contribution in [0.2, 0.25) is 0 Å². The van der Waals surface area contributed by atoms with Crippen molar-refractivity contribution in [2.45, 2.75) is 31.7 Å². The number of hydrogen-bond donors (Lipinski definition) is 2. The first kappa shape index (κ1) is 19.5. The van der Waals surface area contributed by atoms with E-state index in [1.54, 1.807) is 18.2 Å². The van der Waals surface area contributed by atoms with Gasteiger partial charge in [-0.05, 0) is 61.2 Å². The number of halogens is 2. The molecule has 2 heterocycles. The first-order valence-electron chi connectivity index (χ1n) is 9.74. The van der Waals surface area contributed by atoms with Gasteiger partial charge in [-0.25, -0.2) is 0 Å². The fourth-order valence-electron chi connectivity index (χ4n) is 4.07. The largest absolute Gasteiger partial charge is 0.586 e. The molecule has 7 heteroatoms. The Kier molecular flexibility index (Phi) is 5.32. The molecule has 2 aromatic carbocycles. The molecule has 0 spiro atoms. The van der Waals surface area contributed by atoms with Gasteiger partial charge in [-0.3, -0.25) is 0 Å². The molecule has 2 aliphatic heterocycles. The summed E-state index contributed by atoms with van der Waals surface area (Å²) in [5.41, 5.74) is 8.24. The van der Waals surface area contributed by atoms with Crippen LogP contribution in [-0.2, 0) is 6.42 Å². The molecule has 2 aromatic rings. The van der Waals surface area contributed by atoms with Gasteiger partial charge < -0.3 is 25.2 Å². The molecule has 0 aliphatic carbocycles. The Hall–Kier alpha value is -2.80. The zero-order chi connectivity index (χ0) is 20.4. The minimum absolute atomic E-state index is 0.0789. The van der Waals surface area contributed by atoms with E-state index >= 15 is 0 Å². The van der Waals surface area contributed by atoms with Crippen LogP contribution in [0, 0.1) is 5.92 Å². The predicted octanol–water partition coefficient (Wildman–Crippen LogP) is 3.97. The SMILES string of the molecule is N/C=C/C(O)c1ccccc1N1CCC(Cc2ccc3c(c2)OC(F)(F)O3)CC1. The topological polar surface area (TPSA) is 68.0 Å². The van der Waals surface area contributed by atoms with Crippen molar-refractivity contribution in [3.63, 3.8) is 0 Å². The van der Waals surface area contributed by atoms with E-state index in [0.29, 0.717) is 5.92 Å². The Morgan fingerprint density at radius 2 is 1.86 bits per heavy atom. The van der Waals surface area contributed by atoms with Crippen molar-refractivity contribution in [2.75, 3.05) is 18.0 Å². The molecule has 29 heavy (non-hydrogen) atoms. The van der Waals surface area contributed by atoms with Crippen LogP contribution in [0.1, 0.15) is 30.1 Å². The maximum atomic E-state index is 13.2. The van der Waals surface area contributed by atoms with Crippen LogP contribution < -0.4 is 20.1 Å². The van der Waals surface area contributed by atoms with Crippen molar-refractivity contribution in [3.05, 3.63) is 65.9 Å². The lowest BCUT2D eigenvalue weighted by Gasteiger charge is -2.35. The molecular weight excluding hydrogens is 378 g/mol. The zero-order valence-electron chi connectivity index (χ0n) is 15.9. The van der Waals surface area contributed by atoms with Crippen molar-refractivity contribution < 1.29 is 23.4 Å². The van der Waals surface area contributed by atoms with Gasteiger partial charge in [-0.15, -0.1) is 8.78 Å². The second-order valence-corrected chi connectivity index (χ2v) is 7.47. The van der Waals surface area contributed by atoms with Crippen LogP contribution in [-0.4, -0.2) is 24.5 Å². The maximum absolute atomic E-state index is 13.2. The van der Waals surface area contributed by atoms with E-state index in [0.717, 1.165) is 49.2 Å². The van der Waals surface area contributed by atoms with Gasteiger partial charge in [-0.1, -0.05) is 24.3 Å². The number of para-hydroxylation sites is 1. The van der Waals surface area contributed by atoms with E-state index < -0.39 is 12.4 Å². The molecule has 1 unspecified atom stereocenters. The molecule has 4 rings (SSSR count). The fourth-order valence-corrected chi connectivity index (χ4v) is 4.07. The molecule has 1 saturated heterocycles. The van der Waals surface area contributed by atoms with Crippen LogP contribution >= 0.6 is 0 Å². The zero-order valence-corrected chi connectivity index (χ0v) is 15.9. The van der Waals surface area contributed by atoms with Crippen molar-refractivity contribution in [2.24, 2.45) is 11.7 Å². The van der Waals surface area contributed by atoms with Gasteiger partial charge in [0.25, 0.3) is 0 Å². The highest BCUT2D eigenvalue weighted by Crippen LogP contribution is 2.42. The lowest BCUT2D eigenvalue weighted by molar-refractivity contribution is -0.286. The Bertz CT molecular complexity index is 895. The van der Waals surface area contributed by atoms with Crippen molar-refractivity contribution in [1.29, 1.82) is 0 Å². The normalized spacial score (nSPS) is 19.6. The third-order valence-electron chi connectivity index (χ3n) is 5.49. The third-order valence-corrected chi connectivity index (χ3v) is 5.49. The summed E-state index contributed by atoms with van der Waals surface area (Å²) in [4.78, 5) is 2.28. The van der Waals surface area contributed by atoms with Gasteiger partial charge >= 0.3 is 6.29 Å². The minimum atomic E-state index is -3.58. The molecule has 2 aliphatic rings. The number of anilines is 1. The van der Waals surface area contributed by atoms with E-state index in [1.807, 2.05) is 30.3 Å². The molecule has 0 aromatic heterocycles. The second kappa shape index (κ2) is 7.91. The van der Waals surface area contributed by atoms with E-state index in [9.17, 15) is 13.9 Å². The van der Waals surface area contributed by atoms with E-state index in [4.69, 9.17) is 5.73 Å². The molecule has 1 fully saturated rings. The van der Waals surface area contributed by atoms with Crippen LogP contribution in [0.3, 0.4) is 0 Å². The van der Waals surface area contributed by atoms with Gasteiger partial charge in [-0.2, -0.15) is 0 Å². The smallest absolute Gasteiger partial charge is 0.405 e. The average Bonchev–Trinajstić information content (AvgIpc) is 3.02. The highest BCUT2D eigenvalue weighted by Gasteiger charge is 2.43. The van der Waals surface area contributed by atoms with Crippen molar-refractivity contribution in [1.82, 2.24) is 0 Å². The third kappa shape index (κ3) is 4.29. The minimum Gasteiger partial charge on any atom is -0.405 e. The lowest BCUT2D eigenvalue weighted by Crippen LogP contribution is -2.35. The number of aliphatic hydroxyl groups excluding tert-OH is 1. The summed E-state index contributed by atoms with van der Waals surface area (Å²) in [5.74, 6) is 0.629. The van der Waals surface area contributed by atoms with Crippen molar-refractivity contribution in [3.8, 4) is 11.5 Å². The molecule has 5 nitrogen and oxygen atoms in total. The molecule has 0 bridgehead atoms. The Morgan fingerprint density at radius 1 is 1.14 bits per heavy atom. The molecule has 154 valence electrons. The number of nitrogens with two attached hydrogens (primary N) is 1. The van der Waals surface area contributed by atoms with Gasteiger partial charge in [0.15, 0.2) is 11.5 Å². The van der Waals surface area contributed by atoms with Crippen LogP contribution in [0.4, 0.5) is 14.5 Å². The first-order valence-corrected chi connectivity index (χ1v) is 9.74. The van der Waals surface area contributed by atoms with Crippen molar-refractivity contribution >= 4 is 5.69 Å². The summed E-state index contributed by atoms with van der Waals surface area (Å²) >= 11 is 0. The summed E-state index contributed by atoms with van der Waals surface area (Å²) in [6, 6.07) is 12.8. The number of ether oxygens (including phenoxy) is 2. The Balaban J connectivity index is 1.39. The number of hydrogen-bond acceptors (Lipinski definition) is 5. The van der Waals surface area contributed by atoms with Gasteiger partial charge in [0, 0.05) is 24.3 Å². The maximum Gasteiger partial charge on any atom is 0.586 e. The molecular formula is C22H24F2N2O3. The van der Waals surface area contributed by atoms with Crippen LogP contribution in [0.5, 0.6) is 11.5 Å². The molecule has 3 N–H and O–H groups in total. The van der Waals surface area contributed by atoms with Gasteiger partial charge in [0.05, 0.1) is 0 Å².